The third-order valence-electron chi connectivity index (χ3n) is 5.29. The normalized spacial score (nSPS) is 25.6. The van der Waals surface area contributed by atoms with Gasteiger partial charge in [0.1, 0.15) is 5.00 Å². The lowest BCUT2D eigenvalue weighted by Gasteiger charge is -2.23. The highest BCUT2D eigenvalue weighted by Gasteiger charge is 2.55. The topological polar surface area (TPSA) is 119 Å². The Morgan fingerprint density at radius 2 is 1.79 bits per heavy atom. The molecule has 9 heteroatoms. The van der Waals surface area contributed by atoms with E-state index in [9.17, 15) is 19.5 Å². The van der Waals surface area contributed by atoms with Crippen LogP contribution < -0.4 is 11.1 Å². The Hall–Kier alpha value is -2.42. The van der Waals surface area contributed by atoms with Crippen LogP contribution in [0, 0.1) is 11.8 Å². The molecule has 2 saturated heterocycles. The SMILES string of the molecule is NC(=O)c1c(-c2ccc(Cl)cc2)csc1NC(=O)[C@H]1[C@@H](C(=O)O)[C@@H]2CC[C@@H]1O2. The highest BCUT2D eigenvalue weighted by molar-refractivity contribution is 7.15. The minimum Gasteiger partial charge on any atom is -0.481 e. The van der Waals surface area contributed by atoms with Crippen LogP contribution >= 0.6 is 22.9 Å². The van der Waals surface area contributed by atoms with Crippen molar-refractivity contribution in [3.05, 3.63) is 40.2 Å². The average Bonchev–Trinajstić information content (AvgIpc) is 3.35. The van der Waals surface area contributed by atoms with Gasteiger partial charge in [-0.2, -0.15) is 0 Å². The Bertz CT molecular complexity index is 958. The summed E-state index contributed by atoms with van der Waals surface area (Å²) >= 11 is 7.08. The van der Waals surface area contributed by atoms with Gasteiger partial charge in [0.05, 0.1) is 29.6 Å². The fraction of sp³-hybridized carbons (Fsp3) is 0.316. The molecule has 0 radical (unpaired) electrons. The van der Waals surface area contributed by atoms with Crippen LogP contribution in [0.4, 0.5) is 5.00 Å². The Kier molecular flexibility index (Phi) is 4.86. The summed E-state index contributed by atoms with van der Waals surface area (Å²) in [5.41, 5.74) is 7.08. The van der Waals surface area contributed by atoms with Crippen LogP contribution in [0.5, 0.6) is 0 Å². The number of rotatable bonds is 5. The summed E-state index contributed by atoms with van der Waals surface area (Å²) in [7, 11) is 0. The summed E-state index contributed by atoms with van der Waals surface area (Å²) < 4.78 is 5.64. The Morgan fingerprint density at radius 1 is 1.14 bits per heavy atom. The molecule has 2 bridgehead atoms. The summed E-state index contributed by atoms with van der Waals surface area (Å²) in [5, 5.41) is 14.8. The number of primary amides is 1. The van der Waals surface area contributed by atoms with Crippen LogP contribution in [0.2, 0.25) is 5.02 Å². The number of hydrogen-bond donors (Lipinski definition) is 3. The lowest BCUT2D eigenvalue weighted by Crippen LogP contribution is -2.41. The maximum absolute atomic E-state index is 12.9. The summed E-state index contributed by atoms with van der Waals surface area (Å²) in [6.45, 7) is 0. The van der Waals surface area contributed by atoms with Crippen molar-refractivity contribution in [2.45, 2.75) is 25.0 Å². The molecule has 4 rings (SSSR count). The van der Waals surface area contributed by atoms with E-state index < -0.39 is 41.8 Å². The van der Waals surface area contributed by atoms with Crippen molar-refractivity contribution in [1.29, 1.82) is 0 Å². The molecule has 7 nitrogen and oxygen atoms in total. The number of carbonyl (C=O) groups excluding carboxylic acids is 2. The second-order valence-corrected chi connectivity index (χ2v) is 8.21. The first-order chi connectivity index (χ1) is 13.4. The van der Waals surface area contributed by atoms with Gasteiger partial charge in [-0.15, -0.1) is 11.3 Å². The van der Waals surface area contributed by atoms with E-state index in [4.69, 9.17) is 22.1 Å². The second kappa shape index (κ2) is 7.20. The lowest BCUT2D eigenvalue weighted by molar-refractivity contribution is -0.147. The van der Waals surface area contributed by atoms with Crippen molar-refractivity contribution < 1.29 is 24.2 Å². The molecule has 0 saturated carbocycles. The predicted molar refractivity (Wildman–Crippen MR) is 104 cm³/mol. The molecule has 3 heterocycles. The smallest absolute Gasteiger partial charge is 0.310 e. The maximum atomic E-state index is 12.9. The molecule has 2 fully saturated rings. The van der Waals surface area contributed by atoms with Gasteiger partial charge in [0, 0.05) is 16.0 Å². The molecular formula is C19H17ClN2O5S. The van der Waals surface area contributed by atoms with E-state index in [2.05, 4.69) is 5.32 Å². The van der Waals surface area contributed by atoms with Gasteiger partial charge in [0.2, 0.25) is 5.91 Å². The van der Waals surface area contributed by atoms with Gasteiger partial charge < -0.3 is 20.9 Å². The number of fused-ring (bicyclic) bond motifs is 2. The number of anilines is 1. The standard InChI is InChI=1S/C19H17ClN2O5S/c20-9-3-1-8(2-4-9)10-7-28-18(13(10)16(21)23)22-17(24)14-11-5-6-12(27-11)15(14)19(25)26/h1-4,7,11-12,14-15H,5-6H2,(H2,21,23)(H,22,24)(H,25,26)/t11-,12-,14+,15-/m0/s1. The zero-order chi connectivity index (χ0) is 20.0. The Morgan fingerprint density at radius 3 is 2.39 bits per heavy atom. The first-order valence-electron chi connectivity index (χ1n) is 8.73. The van der Waals surface area contributed by atoms with Crippen LogP contribution in [0.3, 0.4) is 0 Å². The molecule has 1 aromatic heterocycles. The van der Waals surface area contributed by atoms with E-state index in [1.54, 1.807) is 29.6 Å². The van der Waals surface area contributed by atoms with Gasteiger partial charge in [0.15, 0.2) is 0 Å². The number of benzene rings is 1. The number of carboxylic acids is 1. The number of carboxylic acid groups (broad SMARTS) is 1. The maximum Gasteiger partial charge on any atom is 0.310 e. The van der Waals surface area contributed by atoms with Crippen LogP contribution in [0.25, 0.3) is 11.1 Å². The zero-order valence-corrected chi connectivity index (χ0v) is 16.1. The summed E-state index contributed by atoms with van der Waals surface area (Å²) in [6, 6.07) is 6.91. The third-order valence-corrected chi connectivity index (χ3v) is 6.44. The van der Waals surface area contributed by atoms with Crippen molar-refractivity contribution in [3.63, 3.8) is 0 Å². The first kappa shape index (κ1) is 18.9. The number of nitrogens with one attached hydrogen (secondary N) is 1. The van der Waals surface area contributed by atoms with Gasteiger partial charge in [-0.3, -0.25) is 14.4 Å². The molecule has 2 aliphatic rings. The fourth-order valence-electron chi connectivity index (χ4n) is 4.06. The number of halogens is 1. The summed E-state index contributed by atoms with van der Waals surface area (Å²) in [4.78, 5) is 36.6. The molecule has 28 heavy (non-hydrogen) atoms. The number of hydrogen-bond acceptors (Lipinski definition) is 5. The van der Waals surface area contributed by atoms with Crippen LogP contribution in [-0.2, 0) is 14.3 Å². The van der Waals surface area contributed by atoms with E-state index in [1.807, 2.05) is 0 Å². The minimum absolute atomic E-state index is 0.191. The highest BCUT2D eigenvalue weighted by atomic mass is 35.5. The van der Waals surface area contributed by atoms with E-state index in [1.165, 1.54) is 11.3 Å². The molecule has 4 N–H and O–H groups in total. The molecule has 0 spiro atoms. The Labute approximate surface area is 169 Å². The summed E-state index contributed by atoms with van der Waals surface area (Å²) in [5.74, 6) is -3.87. The molecule has 2 aliphatic heterocycles. The van der Waals surface area contributed by atoms with Crippen molar-refractivity contribution in [3.8, 4) is 11.1 Å². The van der Waals surface area contributed by atoms with Crippen LogP contribution in [0.1, 0.15) is 23.2 Å². The molecule has 2 aromatic rings. The third kappa shape index (κ3) is 3.17. The number of amides is 2. The van der Waals surface area contributed by atoms with Crippen LogP contribution in [-0.4, -0.2) is 35.1 Å². The van der Waals surface area contributed by atoms with Gasteiger partial charge >= 0.3 is 5.97 Å². The van der Waals surface area contributed by atoms with E-state index in [0.29, 0.717) is 28.4 Å². The van der Waals surface area contributed by atoms with Crippen molar-refractivity contribution in [1.82, 2.24) is 0 Å². The van der Waals surface area contributed by atoms with E-state index in [0.717, 1.165) is 5.56 Å². The average molecular weight is 421 g/mol. The molecule has 0 unspecified atom stereocenters. The van der Waals surface area contributed by atoms with E-state index >= 15 is 0 Å². The quantitative estimate of drug-likeness (QED) is 0.687. The number of nitrogens with two attached hydrogens (primary N) is 1. The van der Waals surface area contributed by atoms with Crippen molar-refractivity contribution in [2.75, 3.05) is 5.32 Å². The highest BCUT2D eigenvalue weighted by Crippen LogP contribution is 2.45. The molecule has 4 atom stereocenters. The molecule has 146 valence electrons. The van der Waals surface area contributed by atoms with E-state index in [-0.39, 0.29) is 5.56 Å². The first-order valence-corrected chi connectivity index (χ1v) is 9.99. The lowest BCUT2D eigenvalue weighted by atomic mass is 9.78. The van der Waals surface area contributed by atoms with Crippen molar-refractivity contribution >= 4 is 45.7 Å². The number of carbonyl (C=O) groups is 3. The molecule has 2 amide bonds. The number of aliphatic carboxylic acids is 1. The zero-order valence-electron chi connectivity index (χ0n) is 14.6. The summed E-state index contributed by atoms with van der Waals surface area (Å²) in [6.07, 6.45) is 0.425. The van der Waals surface area contributed by atoms with Gasteiger partial charge in [0.25, 0.3) is 5.91 Å². The molecule has 1 aromatic carbocycles. The second-order valence-electron chi connectivity index (χ2n) is 6.89. The number of thiophene rings is 1. The van der Waals surface area contributed by atoms with Gasteiger partial charge in [-0.05, 0) is 30.5 Å². The predicted octanol–water partition coefficient (Wildman–Crippen LogP) is 2.98. The van der Waals surface area contributed by atoms with Crippen molar-refractivity contribution in [2.24, 2.45) is 17.6 Å². The van der Waals surface area contributed by atoms with Crippen LogP contribution in [0.15, 0.2) is 29.6 Å². The Balaban J connectivity index is 1.63. The monoisotopic (exact) mass is 420 g/mol. The number of ether oxygens (including phenoxy) is 1. The molecule has 0 aliphatic carbocycles. The molecular weight excluding hydrogens is 404 g/mol. The largest absolute Gasteiger partial charge is 0.481 e. The van der Waals surface area contributed by atoms with Gasteiger partial charge in [-0.1, -0.05) is 23.7 Å². The minimum atomic E-state index is -1.05. The fourth-order valence-corrected chi connectivity index (χ4v) is 5.16. The van der Waals surface area contributed by atoms with Gasteiger partial charge in [-0.25, -0.2) is 0 Å².